The van der Waals surface area contributed by atoms with Crippen molar-refractivity contribution in [3.63, 3.8) is 0 Å². The standard InChI is InChI=1S/C27H32N4O2/c1-18-12-19(2)29-16-22(18)10-11-28-27(21-6-4-3-5-7-21)23-14-25-24(31-17-23)13-20(15-30-25)8-9-26(32)33/h3-7,12-13,15-16,23,27-28,31H,8-11,14,17H2,1-2H3,(H,32,33)/t23-,27-/m1/s1. The topological polar surface area (TPSA) is 87.1 Å². The summed E-state index contributed by atoms with van der Waals surface area (Å²) < 4.78 is 0. The Balaban J connectivity index is 1.46. The Hall–Kier alpha value is -3.25. The van der Waals surface area contributed by atoms with Gasteiger partial charge in [-0.15, -0.1) is 0 Å². The summed E-state index contributed by atoms with van der Waals surface area (Å²) in [5, 5.41) is 16.3. The summed E-state index contributed by atoms with van der Waals surface area (Å²) in [7, 11) is 0. The maximum absolute atomic E-state index is 10.9. The van der Waals surface area contributed by atoms with Gasteiger partial charge in [-0.05, 0) is 74.0 Å². The van der Waals surface area contributed by atoms with Crippen LogP contribution in [0.2, 0.25) is 0 Å². The van der Waals surface area contributed by atoms with Crippen molar-refractivity contribution in [2.75, 3.05) is 18.4 Å². The summed E-state index contributed by atoms with van der Waals surface area (Å²) in [5.41, 5.74) is 7.94. The van der Waals surface area contributed by atoms with Crippen molar-refractivity contribution in [3.05, 3.63) is 88.5 Å². The van der Waals surface area contributed by atoms with Crippen LogP contribution in [-0.4, -0.2) is 34.1 Å². The number of aromatic nitrogens is 2. The van der Waals surface area contributed by atoms with E-state index in [9.17, 15) is 4.79 Å². The molecule has 2 atom stereocenters. The molecule has 0 bridgehead atoms. The first kappa shape index (κ1) is 22.9. The van der Waals surface area contributed by atoms with Crippen LogP contribution in [0.5, 0.6) is 0 Å². The number of hydrogen-bond donors (Lipinski definition) is 3. The first-order valence-corrected chi connectivity index (χ1v) is 11.6. The number of benzene rings is 1. The summed E-state index contributed by atoms with van der Waals surface area (Å²) in [6.07, 6.45) is 6.25. The molecule has 6 nitrogen and oxygen atoms in total. The fourth-order valence-corrected chi connectivity index (χ4v) is 4.60. The molecule has 0 saturated carbocycles. The molecule has 1 aliphatic rings. The van der Waals surface area contributed by atoms with Crippen molar-refractivity contribution in [2.45, 2.75) is 45.6 Å². The number of nitrogens with zero attached hydrogens (tertiary/aromatic N) is 2. The molecule has 2 aromatic heterocycles. The summed E-state index contributed by atoms with van der Waals surface area (Å²) in [5.74, 6) is -0.427. The molecule has 4 rings (SSSR count). The maximum atomic E-state index is 10.9. The normalized spacial score (nSPS) is 16.0. The minimum Gasteiger partial charge on any atom is -0.481 e. The third-order valence-corrected chi connectivity index (χ3v) is 6.41. The molecule has 3 aromatic rings. The average molecular weight is 445 g/mol. The van der Waals surface area contributed by atoms with Crippen molar-refractivity contribution in [1.29, 1.82) is 0 Å². The van der Waals surface area contributed by atoms with Crippen LogP contribution in [0.15, 0.2) is 54.9 Å². The van der Waals surface area contributed by atoms with Crippen LogP contribution in [0.4, 0.5) is 5.69 Å². The van der Waals surface area contributed by atoms with Gasteiger partial charge in [-0.1, -0.05) is 30.3 Å². The number of pyridine rings is 2. The molecule has 6 heteroatoms. The molecule has 0 amide bonds. The van der Waals surface area contributed by atoms with Gasteiger partial charge in [-0.3, -0.25) is 14.8 Å². The SMILES string of the molecule is Cc1cc(C)c(CCN[C@H](c2ccccc2)[C@H]2CNc3cc(CCC(=O)O)cnc3C2)cn1. The number of rotatable bonds is 9. The summed E-state index contributed by atoms with van der Waals surface area (Å²) in [4.78, 5) is 20.0. The van der Waals surface area contributed by atoms with E-state index in [1.807, 2.05) is 19.3 Å². The van der Waals surface area contributed by atoms with Crippen LogP contribution in [0.3, 0.4) is 0 Å². The van der Waals surface area contributed by atoms with Crippen LogP contribution in [0, 0.1) is 19.8 Å². The first-order valence-electron chi connectivity index (χ1n) is 11.6. The van der Waals surface area contributed by atoms with E-state index >= 15 is 0 Å². The van der Waals surface area contributed by atoms with E-state index < -0.39 is 5.97 Å². The lowest BCUT2D eigenvalue weighted by atomic mass is 9.86. The van der Waals surface area contributed by atoms with Crippen molar-refractivity contribution >= 4 is 11.7 Å². The fourth-order valence-electron chi connectivity index (χ4n) is 4.60. The lowest BCUT2D eigenvalue weighted by Crippen LogP contribution is -2.37. The van der Waals surface area contributed by atoms with E-state index in [1.165, 1.54) is 16.7 Å². The van der Waals surface area contributed by atoms with E-state index in [2.05, 4.69) is 70.0 Å². The number of carboxylic acid groups (broad SMARTS) is 1. The molecular weight excluding hydrogens is 412 g/mol. The Kier molecular flexibility index (Phi) is 7.35. The third kappa shape index (κ3) is 5.96. The lowest BCUT2D eigenvalue weighted by molar-refractivity contribution is -0.136. The van der Waals surface area contributed by atoms with Crippen LogP contribution < -0.4 is 10.6 Å². The molecule has 0 aliphatic carbocycles. The molecule has 0 radical (unpaired) electrons. The van der Waals surface area contributed by atoms with Gasteiger partial charge in [0.15, 0.2) is 0 Å². The first-order chi connectivity index (χ1) is 16.0. The monoisotopic (exact) mass is 444 g/mol. The second kappa shape index (κ2) is 10.6. The second-order valence-electron chi connectivity index (χ2n) is 8.92. The summed E-state index contributed by atoms with van der Waals surface area (Å²) in [6, 6.07) is 15.0. The van der Waals surface area contributed by atoms with Crippen LogP contribution in [0.1, 0.15) is 46.1 Å². The zero-order valence-corrected chi connectivity index (χ0v) is 19.3. The molecule has 1 aliphatic heterocycles. The van der Waals surface area contributed by atoms with E-state index in [0.717, 1.165) is 48.6 Å². The van der Waals surface area contributed by atoms with E-state index in [1.54, 1.807) is 0 Å². The average Bonchev–Trinajstić information content (AvgIpc) is 2.82. The zero-order chi connectivity index (χ0) is 23.2. The minimum absolute atomic E-state index is 0.124. The highest BCUT2D eigenvalue weighted by molar-refractivity contribution is 5.67. The third-order valence-electron chi connectivity index (χ3n) is 6.41. The quantitative estimate of drug-likeness (QED) is 0.457. The molecule has 0 fully saturated rings. The van der Waals surface area contributed by atoms with E-state index in [-0.39, 0.29) is 12.5 Å². The van der Waals surface area contributed by atoms with E-state index in [0.29, 0.717) is 12.3 Å². The summed E-state index contributed by atoms with van der Waals surface area (Å²) in [6.45, 7) is 5.89. The molecule has 3 heterocycles. The molecule has 172 valence electrons. The van der Waals surface area contributed by atoms with Gasteiger partial charge in [0.1, 0.15) is 0 Å². The van der Waals surface area contributed by atoms with Gasteiger partial charge in [0.05, 0.1) is 11.4 Å². The fraction of sp³-hybridized carbons (Fsp3) is 0.370. The molecule has 33 heavy (non-hydrogen) atoms. The molecular formula is C27H32N4O2. The number of fused-ring (bicyclic) bond motifs is 1. The van der Waals surface area contributed by atoms with Crippen molar-refractivity contribution in [2.24, 2.45) is 5.92 Å². The second-order valence-corrected chi connectivity index (χ2v) is 8.92. The highest BCUT2D eigenvalue weighted by atomic mass is 16.4. The molecule has 0 unspecified atom stereocenters. The maximum Gasteiger partial charge on any atom is 0.303 e. The van der Waals surface area contributed by atoms with Gasteiger partial charge in [0, 0.05) is 43.0 Å². The Morgan fingerprint density at radius 2 is 1.97 bits per heavy atom. The van der Waals surface area contributed by atoms with Crippen molar-refractivity contribution < 1.29 is 9.90 Å². The number of anilines is 1. The smallest absolute Gasteiger partial charge is 0.303 e. The van der Waals surface area contributed by atoms with Gasteiger partial charge >= 0.3 is 5.97 Å². The molecule has 1 aromatic carbocycles. The van der Waals surface area contributed by atoms with Gasteiger partial charge in [-0.2, -0.15) is 0 Å². The Morgan fingerprint density at radius 3 is 2.73 bits per heavy atom. The molecule has 3 N–H and O–H groups in total. The van der Waals surface area contributed by atoms with Crippen LogP contribution in [-0.2, 0) is 24.1 Å². The predicted octanol–water partition coefficient (Wildman–Crippen LogP) is 4.27. The van der Waals surface area contributed by atoms with Gasteiger partial charge < -0.3 is 15.7 Å². The van der Waals surface area contributed by atoms with Gasteiger partial charge in [-0.25, -0.2) is 0 Å². The summed E-state index contributed by atoms with van der Waals surface area (Å²) >= 11 is 0. The van der Waals surface area contributed by atoms with E-state index in [4.69, 9.17) is 5.11 Å². The molecule has 0 spiro atoms. The highest BCUT2D eigenvalue weighted by Gasteiger charge is 2.28. The largest absolute Gasteiger partial charge is 0.481 e. The van der Waals surface area contributed by atoms with Crippen LogP contribution in [0.25, 0.3) is 0 Å². The minimum atomic E-state index is -0.783. The van der Waals surface area contributed by atoms with Crippen molar-refractivity contribution in [3.8, 4) is 0 Å². The molecule has 0 saturated heterocycles. The Morgan fingerprint density at radius 1 is 1.15 bits per heavy atom. The number of aryl methyl sites for hydroxylation is 3. The Bertz CT molecular complexity index is 1100. The predicted molar refractivity (Wildman–Crippen MR) is 130 cm³/mol. The van der Waals surface area contributed by atoms with Crippen LogP contribution >= 0.6 is 0 Å². The number of nitrogens with one attached hydrogen (secondary N) is 2. The van der Waals surface area contributed by atoms with Crippen molar-refractivity contribution in [1.82, 2.24) is 15.3 Å². The Labute approximate surface area is 195 Å². The number of carboxylic acids is 1. The number of hydrogen-bond acceptors (Lipinski definition) is 5. The number of carbonyl (C=O) groups is 1. The van der Waals surface area contributed by atoms with Gasteiger partial charge in [0.25, 0.3) is 0 Å². The highest BCUT2D eigenvalue weighted by Crippen LogP contribution is 2.32. The van der Waals surface area contributed by atoms with Gasteiger partial charge in [0.2, 0.25) is 0 Å². The lowest BCUT2D eigenvalue weighted by Gasteiger charge is -2.33. The number of aliphatic carboxylic acids is 1. The zero-order valence-electron chi connectivity index (χ0n) is 19.3.